The van der Waals surface area contributed by atoms with E-state index in [-0.39, 0.29) is 35.7 Å². The summed E-state index contributed by atoms with van der Waals surface area (Å²) >= 11 is 1.01. The van der Waals surface area contributed by atoms with Crippen LogP contribution in [0.15, 0.2) is 24.3 Å². The molecule has 0 saturated heterocycles. The summed E-state index contributed by atoms with van der Waals surface area (Å²) in [6.07, 6.45) is 2.59. The lowest BCUT2D eigenvalue weighted by molar-refractivity contribution is -0.148. The Morgan fingerprint density at radius 3 is 2.17 bits per heavy atom. The van der Waals surface area contributed by atoms with Crippen LogP contribution in [0, 0.1) is 11.3 Å². The molecule has 1 aromatic carbocycles. The number of hydrogen-bond acceptors (Lipinski definition) is 7. The molecular weight excluding hydrogens is 480 g/mol. The van der Waals surface area contributed by atoms with E-state index in [0.717, 1.165) is 30.2 Å². The first-order valence-electron chi connectivity index (χ1n) is 12.6. The molecule has 1 aliphatic carbocycles. The average molecular weight is 521 g/mol. The maximum Gasteiger partial charge on any atom is 0.328 e. The summed E-state index contributed by atoms with van der Waals surface area (Å²) in [7, 11) is 0. The fourth-order valence-corrected chi connectivity index (χ4v) is 5.10. The third-order valence-corrected chi connectivity index (χ3v) is 8.06. The fourth-order valence-electron chi connectivity index (χ4n) is 4.08. The summed E-state index contributed by atoms with van der Waals surface area (Å²) in [5, 5.41) is 14.6. The normalized spacial score (nSPS) is 16.8. The number of amides is 2. The summed E-state index contributed by atoms with van der Waals surface area (Å²) < 4.78 is 5.19. The highest BCUT2D eigenvalue weighted by Crippen LogP contribution is 2.33. The Morgan fingerprint density at radius 1 is 1.08 bits per heavy atom. The first-order valence-corrected chi connectivity index (χ1v) is 13.5. The molecule has 0 bridgehead atoms. The molecule has 0 heterocycles. The van der Waals surface area contributed by atoms with E-state index < -0.39 is 34.1 Å². The van der Waals surface area contributed by atoms with Gasteiger partial charge in [0.05, 0.1) is 11.9 Å². The van der Waals surface area contributed by atoms with Gasteiger partial charge in [-0.3, -0.25) is 14.4 Å². The first kappa shape index (κ1) is 29.7. The van der Waals surface area contributed by atoms with E-state index in [2.05, 4.69) is 10.6 Å². The lowest BCUT2D eigenvalue weighted by Crippen LogP contribution is -2.61. The number of ether oxygens (including phenoxy) is 1. The number of thioether (sulfide) groups is 1. The Bertz CT molecular complexity index is 933. The first-order chi connectivity index (χ1) is 16.8. The van der Waals surface area contributed by atoms with Crippen LogP contribution in [-0.4, -0.2) is 51.4 Å². The molecule has 1 saturated carbocycles. The molecule has 1 aromatic rings. The highest BCUT2D eigenvalue weighted by atomic mass is 32.2. The lowest BCUT2D eigenvalue weighted by atomic mass is 9.94. The predicted molar refractivity (Wildman–Crippen MR) is 140 cm³/mol. The molecule has 1 fully saturated rings. The number of phenolic OH excluding ortho intramolecular Hbond substituents is 1. The van der Waals surface area contributed by atoms with Gasteiger partial charge in [0.2, 0.25) is 11.8 Å². The highest BCUT2D eigenvalue weighted by molar-refractivity contribution is 8.14. The molecule has 2 amide bonds. The van der Waals surface area contributed by atoms with Gasteiger partial charge in [-0.15, -0.1) is 0 Å². The van der Waals surface area contributed by atoms with Gasteiger partial charge in [0.15, 0.2) is 5.12 Å². The van der Waals surface area contributed by atoms with Crippen molar-refractivity contribution in [1.82, 2.24) is 10.6 Å². The van der Waals surface area contributed by atoms with E-state index in [1.54, 1.807) is 19.1 Å². The van der Waals surface area contributed by atoms with E-state index in [1.165, 1.54) is 12.1 Å². The number of hydrogen-bond donors (Lipinski definition) is 3. The van der Waals surface area contributed by atoms with Gasteiger partial charge in [0, 0.05) is 11.8 Å². The minimum atomic E-state index is -1.16. The monoisotopic (exact) mass is 520 g/mol. The van der Waals surface area contributed by atoms with Gasteiger partial charge < -0.3 is 20.5 Å². The zero-order valence-corrected chi connectivity index (χ0v) is 23.0. The van der Waals surface area contributed by atoms with Gasteiger partial charge >= 0.3 is 5.97 Å². The van der Waals surface area contributed by atoms with E-state index >= 15 is 0 Å². The van der Waals surface area contributed by atoms with Crippen LogP contribution in [0.1, 0.15) is 72.8 Å². The van der Waals surface area contributed by atoms with Crippen LogP contribution in [0.25, 0.3) is 0 Å². The van der Waals surface area contributed by atoms with E-state index in [1.807, 2.05) is 34.6 Å². The molecule has 200 valence electrons. The van der Waals surface area contributed by atoms with Gasteiger partial charge in [-0.05, 0) is 43.4 Å². The Balaban J connectivity index is 2.23. The van der Waals surface area contributed by atoms with Crippen molar-refractivity contribution < 1.29 is 29.0 Å². The quantitative estimate of drug-likeness (QED) is 0.402. The maximum absolute atomic E-state index is 13.6. The molecular formula is C27H40N2O6S. The standard InChI is InChI=1S/C27H40N2O6S/c1-7-35-23(32)20(16-18-10-12-19(30)13-11-18)28-24(33)27(14-8-9-15-27)29-22(31)21(17(2)3)36-25(34)26(4,5)6/h10-13,17,20-21,30H,7-9,14-16H2,1-6H3,(H,28,33)(H,29,31)/t20-,21+/m0/s1. The highest BCUT2D eigenvalue weighted by Gasteiger charge is 2.45. The SMILES string of the molecule is CCOC(=O)[C@H](Cc1ccc(O)cc1)NC(=O)C1(NC(=O)[C@H](SC(=O)C(C)(C)C)C(C)C)CCCC1. The zero-order chi connectivity index (χ0) is 27.1. The van der Waals surface area contributed by atoms with Crippen molar-refractivity contribution in [2.45, 2.75) is 90.5 Å². The lowest BCUT2D eigenvalue weighted by Gasteiger charge is -2.33. The molecule has 2 rings (SSSR count). The van der Waals surface area contributed by atoms with Crippen molar-refractivity contribution in [3.05, 3.63) is 29.8 Å². The molecule has 0 aliphatic heterocycles. The minimum Gasteiger partial charge on any atom is -0.508 e. The Labute approximate surface area is 218 Å². The van der Waals surface area contributed by atoms with Crippen molar-refractivity contribution >= 4 is 34.7 Å². The van der Waals surface area contributed by atoms with Gasteiger partial charge in [0.1, 0.15) is 17.3 Å². The summed E-state index contributed by atoms with van der Waals surface area (Å²) in [5.74, 6) is -1.37. The second kappa shape index (κ2) is 12.6. The number of aromatic hydroxyl groups is 1. The smallest absolute Gasteiger partial charge is 0.328 e. The summed E-state index contributed by atoms with van der Waals surface area (Å²) in [6, 6.07) is 5.44. The number of esters is 1. The van der Waals surface area contributed by atoms with E-state index in [9.17, 15) is 24.3 Å². The van der Waals surface area contributed by atoms with Crippen LogP contribution >= 0.6 is 11.8 Å². The average Bonchev–Trinajstić information content (AvgIpc) is 3.27. The van der Waals surface area contributed by atoms with E-state index in [0.29, 0.717) is 12.8 Å². The topological polar surface area (TPSA) is 122 Å². The molecule has 2 atom stereocenters. The van der Waals surface area contributed by atoms with Gasteiger partial charge in [0.25, 0.3) is 0 Å². The van der Waals surface area contributed by atoms with Gasteiger partial charge in [-0.2, -0.15) is 0 Å². The Kier molecular flexibility index (Phi) is 10.4. The summed E-state index contributed by atoms with van der Waals surface area (Å²) in [4.78, 5) is 52.3. The van der Waals surface area contributed by atoms with Crippen molar-refractivity contribution in [3.63, 3.8) is 0 Å². The Hall–Kier alpha value is -2.55. The molecule has 1 aliphatic rings. The largest absolute Gasteiger partial charge is 0.508 e. The van der Waals surface area contributed by atoms with Crippen LogP contribution in [-0.2, 0) is 30.3 Å². The summed E-state index contributed by atoms with van der Waals surface area (Å²) in [6.45, 7) is 11.1. The third-order valence-electron chi connectivity index (χ3n) is 6.22. The van der Waals surface area contributed by atoms with Crippen LogP contribution in [0.3, 0.4) is 0 Å². The van der Waals surface area contributed by atoms with Crippen LogP contribution < -0.4 is 10.6 Å². The molecule has 0 aromatic heterocycles. The van der Waals surface area contributed by atoms with Crippen LogP contribution in [0.5, 0.6) is 5.75 Å². The number of phenols is 1. The fraction of sp³-hybridized carbons (Fsp3) is 0.630. The molecule has 8 nitrogen and oxygen atoms in total. The maximum atomic E-state index is 13.6. The molecule has 9 heteroatoms. The number of nitrogens with one attached hydrogen (secondary N) is 2. The van der Waals surface area contributed by atoms with Crippen molar-refractivity contribution in [2.24, 2.45) is 11.3 Å². The van der Waals surface area contributed by atoms with Gasteiger partial charge in [-0.25, -0.2) is 4.79 Å². The number of carbonyl (C=O) groups excluding carboxylic acids is 4. The van der Waals surface area contributed by atoms with Crippen LogP contribution in [0.4, 0.5) is 0 Å². The second-order valence-corrected chi connectivity index (χ2v) is 11.9. The summed E-state index contributed by atoms with van der Waals surface area (Å²) in [5.41, 5.74) is -1.01. The van der Waals surface area contributed by atoms with Crippen molar-refractivity contribution in [1.29, 1.82) is 0 Å². The zero-order valence-electron chi connectivity index (χ0n) is 22.2. The van der Waals surface area contributed by atoms with Crippen LogP contribution in [0.2, 0.25) is 0 Å². The van der Waals surface area contributed by atoms with Gasteiger partial charge in [-0.1, -0.05) is 71.4 Å². The van der Waals surface area contributed by atoms with Crippen molar-refractivity contribution in [3.8, 4) is 5.75 Å². The predicted octanol–water partition coefficient (Wildman–Crippen LogP) is 3.74. The van der Waals surface area contributed by atoms with Crippen molar-refractivity contribution in [2.75, 3.05) is 6.61 Å². The minimum absolute atomic E-state index is 0.0856. The number of benzene rings is 1. The molecule has 0 radical (unpaired) electrons. The number of carbonyl (C=O) groups is 4. The Morgan fingerprint density at radius 2 is 1.67 bits per heavy atom. The molecule has 3 N–H and O–H groups in total. The third kappa shape index (κ3) is 7.98. The second-order valence-electron chi connectivity index (χ2n) is 10.7. The molecule has 0 unspecified atom stereocenters. The molecule has 36 heavy (non-hydrogen) atoms. The van der Waals surface area contributed by atoms with E-state index in [4.69, 9.17) is 4.74 Å². The molecule has 0 spiro atoms. The number of rotatable bonds is 10.